The summed E-state index contributed by atoms with van der Waals surface area (Å²) < 4.78 is 33.2. The Morgan fingerprint density at radius 1 is 1.59 bits per heavy atom. The molecule has 1 fully saturated rings. The van der Waals surface area contributed by atoms with E-state index < -0.39 is 10.0 Å². The average molecular weight is 259 g/mol. The molecule has 0 unspecified atom stereocenters. The molecule has 0 radical (unpaired) electrons. The Bertz CT molecular complexity index is 463. The summed E-state index contributed by atoms with van der Waals surface area (Å²) in [5.41, 5.74) is 0.489. The van der Waals surface area contributed by atoms with E-state index in [0.717, 1.165) is 19.3 Å². The van der Waals surface area contributed by atoms with Crippen LogP contribution in [0.1, 0.15) is 19.3 Å². The molecule has 1 N–H and O–H groups in total. The van der Waals surface area contributed by atoms with Crippen molar-refractivity contribution < 1.29 is 13.2 Å². The number of aromatic nitrogens is 2. The van der Waals surface area contributed by atoms with E-state index in [2.05, 4.69) is 9.82 Å². The standard InChI is InChI=1S/C10H17N3O3S/c1-13-7-9(6-11-13)12-17(14,15)8-10-4-2-3-5-16-10/h6-7,10,12H,2-5,8H2,1H3/t10-/m1/s1. The molecule has 17 heavy (non-hydrogen) atoms. The van der Waals surface area contributed by atoms with Gasteiger partial charge in [0.1, 0.15) is 0 Å². The Hall–Kier alpha value is -1.08. The number of hydrogen-bond donors (Lipinski definition) is 1. The fourth-order valence-electron chi connectivity index (χ4n) is 1.88. The van der Waals surface area contributed by atoms with Crippen LogP contribution in [-0.2, 0) is 21.8 Å². The molecule has 1 aliphatic heterocycles. The fourth-order valence-corrected chi connectivity index (χ4v) is 3.18. The molecule has 6 nitrogen and oxygen atoms in total. The maximum absolute atomic E-state index is 11.8. The Kier molecular flexibility index (Phi) is 3.68. The molecule has 1 aromatic heterocycles. The highest BCUT2D eigenvalue weighted by molar-refractivity contribution is 7.92. The molecule has 0 aromatic carbocycles. The van der Waals surface area contributed by atoms with Gasteiger partial charge in [-0.2, -0.15) is 5.10 Å². The van der Waals surface area contributed by atoms with Gasteiger partial charge in [-0.05, 0) is 19.3 Å². The first kappa shape index (κ1) is 12.4. The van der Waals surface area contributed by atoms with Crippen LogP contribution >= 0.6 is 0 Å². The lowest BCUT2D eigenvalue weighted by molar-refractivity contribution is 0.0306. The summed E-state index contributed by atoms with van der Waals surface area (Å²) in [6.45, 7) is 0.660. The van der Waals surface area contributed by atoms with Gasteiger partial charge in [-0.1, -0.05) is 0 Å². The summed E-state index contributed by atoms with van der Waals surface area (Å²) in [5, 5.41) is 3.91. The minimum Gasteiger partial charge on any atom is -0.377 e. The number of sulfonamides is 1. The van der Waals surface area contributed by atoms with Gasteiger partial charge in [0.15, 0.2) is 0 Å². The zero-order valence-corrected chi connectivity index (χ0v) is 10.6. The Labute approximate surface area is 101 Å². The van der Waals surface area contributed by atoms with E-state index in [1.54, 1.807) is 17.9 Å². The minimum atomic E-state index is -3.35. The Morgan fingerprint density at radius 2 is 2.41 bits per heavy atom. The lowest BCUT2D eigenvalue weighted by Gasteiger charge is -2.22. The van der Waals surface area contributed by atoms with E-state index in [4.69, 9.17) is 4.74 Å². The normalized spacial score (nSPS) is 21.4. The third-order valence-electron chi connectivity index (χ3n) is 2.66. The quantitative estimate of drug-likeness (QED) is 0.865. The lowest BCUT2D eigenvalue weighted by Crippen LogP contribution is -2.30. The molecular formula is C10H17N3O3S. The van der Waals surface area contributed by atoms with Crippen molar-refractivity contribution in [3.8, 4) is 0 Å². The molecule has 1 aromatic rings. The second kappa shape index (κ2) is 5.05. The minimum absolute atomic E-state index is 0.0158. The van der Waals surface area contributed by atoms with Gasteiger partial charge < -0.3 is 4.74 Å². The Morgan fingerprint density at radius 3 is 3.00 bits per heavy atom. The molecule has 0 spiro atoms. The summed E-state index contributed by atoms with van der Waals surface area (Å²) in [7, 11) is -1.61. The molecule has 1 atom stereocenters. The van der Waals surface area contributed by atoms with Crippen molar-refractivity contribution in [2.45, 2.75) is 25.4 Å². The molecule has 7 heteroatoms. The van der Waals surface area contributed by atoms with Crippen molar-refractivity contribution >= 4 is 15.7 Å². The van der Waals surface area contributed by atoms with Crippen LogP contribution in [0.25, 0.3) is 0 Å². The molecule has 0 aliphatic carbocycles. The van der Waals surface area contributed by atoms with Crippen molar-refractivity contribution in [1.29, 1.82) is 0 Å². The van der Waals surface area contributed by atoms with Crippen LogP contribution in [0.15, 0.2) is 12.4 Å². The summed E-state index contributed by atoms with van der Waals surface area (Å²) >= 11 is 0. The molecule has 0 bridgehead atoms. The smallest absolute Gasteiger partial charge is 0.235 e. The molecule has 1 saturated heterocycles. The van der Waals surface area contributed by atoms with E-state index in [-0.39, 0.29) is 11.9 Å². The van der Waals surface area contributed by atoms with E-state index in [1.165, 1.54) is 6.20 Å². The first-order chi connectivity index (χ1) is 8.05. The highest BCUT2D eigenvalue weighted by Crippen LogP contribution is 2.16. The van der Waals surface area contributed by atoms with Crippen LogP contribution in [0.5, 0.6) is 0 Å². The van der Waals surface area contributed by atoms with Gasteiger partial charge in [0, 0.05) is 19.9 Å². The van der Waals surface area contributed by atoms with E-state index >= 15 is 0 Å². The topological polar surface area (TPSA) is 73.2 Å². The molecule has 96 valence electrons. The maximum Gasteiger partial charge on any atom is 0.235 e. The van der Waals surface area contributed by atoms with Gasteiger partial charge in [0.2, 0.25) is 10.0 Å². The van der Waals surface area contributed by atoms with E-state index in [1.807, 2.05) is 0 Å². The monoisotopic (exact) mass is 259 g/mol. The first-order valence-corrected chi connectivity index (χ1v) is 7.31. The number of ether oxygens (including phenoxy) is 1. The van der Waals surface area contributed by atoms with Gasteiger partial charge >= 0.3 is 0 Å². The number of anilines is 1. The van der Waals surface area contributed by atoms with Crippen molar-refractivity contribution in [3.05, 3.63) is 12.4 Å². The highest BCUT2D eigenvalue weighted by atomic mass is 32.2. The Balaban J connectivity index is 1.94. The average Bonchev–Trinajstić information content (AvgIpc) is 2.63. The fraction of sp³-hybridized carbons (Fsp3) is 0.700. The van der Waals surface area contributed by atoms with Crippen molar-refractivity contribution in [1.82, 2.24) is 9.78 Å². The van der Waals surface area contributed by atoms with E-state index in [0.29, 0.717) is 12.3 Å². The second-order valence-electron chi connectivity index (χ2n) is 4.27. The van der Waals surface area contributed by atoms with Crippen molar-refractivity contribution in [3.63, 3.8) is 0 Å². The molecule has 0 saturated carbocycles. The number of nitrogens with one attached hydrogen (secondary N) is 1. The van der Waals surface area contributed by atoms with Gasteiger partial charge in [-0.15, -0.1) is 0 Å². The molecular weight excluding hydrogens is 242 g/mol. The number of rotatable bonds is 4. The third kappa shape index (κ3) is 3.71. The summed E-state index contributed by atoms with van der Waals surface area (Å²) in [4.78, 5) is 0. The first-order valence-electron chi connectivity index (χ1n) is 5.66. The molecule has 1 aliphatic rings. The largest absolute Gasteiger partial charge is 0.377 e. The summed E-state index contributed by atoms with van der Waals surface area (Å²) in [6.07, 6.45) is 5.80. The second-order valence-corrected chi connectivity index (χ2v) is 6.04. The van der Waals surface area contributed by atoms with Crippen LogP contribution in [-0.4, -0.2) is 36.7 Å². The van der Waals surface area contributed by atoms with Crippen molar-refractivity contribution in [2.24, 2.45) is 7.05 Å². The van der Waals surface area contributed by atoms with Crippen molar-refractivity contribution in [2.75, 3.05) is 17.1 Å². The van der Waals surface area contributed by atoms with Gasteiger partial charge in [0.05, 0.1) is 23.7 Å². The van der Waals surface area contributed by atoms with Crippen LogP contribution in [0.4, 0.5) is 5.69 Å². The number of nitrogens with zero attached hydrogens (tertiary/aromatic N) is 2. The molecule has 0 amide bonds. The third-order valence-corrected chi connectivity index (χ3v) is 4.01. The number of hydrogen-bond acceptors (Lipinski definition) is 4. The van der Waals surface area contributed by atoms with Gasteiger partial charge in [-0.25, -0.2) is 8.42 Å². The zero-order chi connectivity index (χ0) is 12.3. The van der Waals surface area contributed by atoms with Crippen LogP contribution < -0.4 is 4.72 Å². The predicted octanol–water partition coefficient (Wildman–Crippen LogP) is 0.731. The van der Waals surface area contributed by atoms with Gasteiger partial charge in [-0.3, -0.25) is 9.40 Å². The zero-order valence-electron chi connectivity index (χ0n) is 9.80. The maximum atomic E-state index is 11.8. The van der Waals surface area contributed by atoms with Crippen LogP contribution in [0.2, 0.25) is 0 Å². The van der Waals surface area contributed by atoms with Gasteiger partial charge in [0.25, 0.3) is 0 Å². The SMILES string of the molecule is Cn1cc(NS(=O)(=O)C[C@H]2CCCCO2)cn1. The van der Waals surface area contributed by atoms with Crippen LogP contribution in [0, 0.1) is 0 Å². The molecule has 2 heterocycles. The lowest BCUT2D eigenvalue weighted by atomic mass is 10.1. The number of aryl methyl sites for hydroxylation is 1. The summed E-state index contributed by atoms with van der Waals surface area (Å²) in [5.74, 6) is 0.0158. The van der Waals surface area contributed by atoms with Crippen LogP contribution in [0.3, 0.4) is 0 Å². The predicted molar refractivity (Wildman–Crippen MR) is 64.2 cm³/mol. The highest BCUT2D eigenvalue weighted by Gasteiger charge is 2.22. The summed E-state index contributed by atoms with van der Waals surface area (Å²) in [6, 6.07) is 0. The molecule has 2 rings (SSSR count). The van der Waals surface area contributed by atoms with E-state index in [9.17, 15) is 8.42 Å².